The van der Waals surface area contributed by atoms with Gasteiger partial charge in [-0.1, -0.05) is 30.3 Å². The van der Waals surface area contributed by atoms with Crippen molar-refractivity contribution in [2.75, 3.05) is 4.72 Å². The number of thiophene rings is 1. The summed E-state index contributed by atoms with van der Waals surface area (Å²) in [4.78, 5) is 15.5. The van der Waals surface area contributed by atoms with Crippen molar-refractivity contribution in [2.45, 2.75) is 4.21 Å². The fourth-order valence-corrected chi connectivity index (χ4v) is 5.17. The summed E-state index contributed by atoms with van der Waals surface area (Å²) < 4.78 is 27.2. The van der Waals surface area contributed by atoms with Gasteiger partial charge in [0.25, 0.3) is 10.0 Å². The molecular weight excluding hydrogens is 356 g/mol. The zero-order chi connectivity index (χ0) is 16.4. The summed E-state index contributed by atoms with van der Waals surface area (Å²) in [7, 11) is -3.85. The molecule has 0 aliphatic rings. The predicted octanol–water partition coefficient (Wildman–Crippen LogP) is 3.37. The van der Waals surface area contributed by atoms with Crippen LogP contribution in [0.3, 0.4) is 0 Å². The fourth-order valence-electron chi connectivity index (χ4n) is 1.87. The van der Waals surface area contributed by atoms with Crippen LogP contribution in [0.1, 0.15) is 10.5 Å². The lowest BCUT2D eigenvalue weighted by molar-refractivity contribution is 0.0692. The molecule has 2 aromatic heterocycles. The van der Waals surface area contributed by atoms with Crippen LogP contribution in [0.4, 0.5) is 5.00 Å². The van der Waals surface area contributed by atoms with Gasteiger partial charge in [0.15, 0.2) is 5.69 Å². The summed E-state index contributed by atoms with van der Waals surface area (Å²) in [5.41, 5.74) is 1.90. The SMILES string of the molecule is O=C(O)c1ncsc1NS(=O)(=O)c1ccc(-c2ccccc2)s1. The Kier molecular flexibility index (Phi) is 4.16. The van der Waals surface area contributed by atoms with Crippen molar-refractivity contribution in [3.8, 4) is 10.4 Å². The number of sulfonamides is 1. The van der Waals surface area contributed by atoms with Crippen LogP contribution in [0.15, 0.2) is 52.2 Å². The Morgan fingerprint density at radius 3 is 2.57 bits per heavy atom. The molecule has 9 heteroatoms. The molecule has 1 aromatic carbocycles. The first-order valence-electron chi connectivity index (χ1n) is 6.32. The van der Waals surface area contributed by atoms with Gasteiger partial charge >= 0.3 is 5.97 Å². The lowest BCUT2D eigenvalue weighted by atomic mass is 10.2. The van der Waals surface area contributed by atoms with Gasteiger partial charge in [0.2, 0.25) is 0 Å². The van der Waals surface area contributed by atoms with Gasteiger partial charge in [0, 0.05) is 4.88 Å². The number of hydrogen-bond donors (Lipinski definition) is 2. The summed E-state index contributed by atoms with van der Waals surface area (Å²) in [6.07, 6.45) is 0. The van der Waals surface area contributed by atoms with Crippen LogP contribution < -0.4 is 4.72 Å². The van der Waals surface area contributed by atoms with Crippen molar-refractivity contribution in [2.24, 2.45) is 0 Å². The monoisotopic (exact) mass is 366 g/mol. The Bertz CT molecular complexity index is 945. The highest BCUT2D eigenvalue weighted by Gasteiger charge is 2.22. The minimum Gasteiger partial charge on any atom is -0.476 e. The number of rotatable bonds is 5. The summed E-state index contributed by atoms with van der Waals surface area (Å²) in [6, 6.07) is 12.6. The first-order chi connectivity index (χ1) is 11.0. The molecule has 6 nitrogen and oxygen atoms in total. The quantitative estimate of drug-likeness (QED) is 0.722. The molecule has 0 aliphatic heterocycles. The second kappa shape index (κ2) is 6.11. The number of carboxylic acids is 1. The summed E-state index contributed by atoms with van der Waals surface area (Å²) >= 11 is 2.04. The minimum absolute atomic E-state index is 0.00726. The molecule has 0 amide bonds. The fraction of sp³-hybridized carbons (Fsp3) is 0. The molecule has 0 aliphatic carbocycles. The molecule has 2 N–H and O–H groups in total. The molecular formula is C14H10N2O4S3. The molecule has 3 aromatic rings. The number of nitrogens with one attached hydrogen (secondary N) is 1. The molecule has 0 unspecified atom stereocenters. The number of anilines is 1. The van der Waals surface area contributed by atoms with Gasteiger partial charge < -0.3 is 5.11 Å². The van der Waals surface area contributed by atoms with Gasteiger partial charge in [-0.3, -0.25) is 4.72 Å². The molecule has 0 fully saturated rings. The molecule has 118 valence electrons. The Labute approximate surface area is 140 Å². The molecule has 0 spiro atoms. The van der Waals surface area contributed by atoms with Crippen LogP contribution in [-0.4, -0.2) is 24.5 Å². The second-order valence-corrected chi connectivity index (χ2v) is 8.27. The Balaban J connectivity index is 1.90. The van der Waals surface area contributed by atoms with Crippen LogP contribution in [0.25, 0.3) is 10.4 Å². The molecule has 0 saturated carbocycles. The Morgan fingerprint density at radius 1 is 1.13 bits per heavy atom. The number of benzene rings is 1. The van der Waals surface area contributed by atoms with Crippen LogP contribution in [0.2, 0.25) is 0 Å². The number of thiazole rings is 1. The highest BCUT2D eigenvalue weighted by molar-refractivity contribution is 7.95. The van der Waals surface area contributed by atoms with E-state index in [1.807, 2.05) is 30.3 Å². The smallest absolute Gasteiger partial charge is 0.357 e. The zero-order valence-electron chi connectivity index (χ0n) is 11.5. The molecule has 0 saturated heterocycles. The van der Waals surface area contributed by atoms with E-state index in [9.17, 15) is 13.2 Å². The maximum Gasteiger partial charge on any atom is 0.357 e. The van der Waals surface area contributed by atoms with Gasteiger partial charge in [-0.2, -0.15) is 0 Å². The van der Waals surface area contributed by atoms with E-state index >= 15 is 0 Å². The lowest BCUT2D eigenvalue weighted by Gasteiger charge is -2.04. The standard InChI is InChI=1S/C14H10N2O4S3/c17-14(18)12-13(21-8-15-12)16-23(19,20)11-7-6-10(22-11)9-4-2-1-3-5-9/h1-8,16H,(H,17,18). The molecule has 0 atom stereocenters. The first-order valence-corrected chi connectivity index (χ1v) is 9.50. The number of carboxylic acid groups (broad SMARTS) is 1. The van der Waals surface area contributed by atoms with Crippen molar-refractivity contribution < 1.29 is 18.3 Å². The first kappa shape index (κ1) is 15.7. The number of carbonyl (C=O) groups is 1. The number of aromatic nitrogens is 1. The maximum absolute atomic E-state index is 12.4. The second-order valence-electron chi connectivity index (χ2n) is 4.43. The van der Waals surface area contributed by atoms with Crippen molar-refractivity contribution in [3.05, 3.63) is 53.7 Å². The van der Waals surface area contributed by atoms with Gasteiger partial charge in [-0.15, -0.1) is 22.7 Å². The van der Waals surface area contributed by atoms with Crippen LogP contribution >= 0.6 is 22.7 Å². The average Bonchev–Trinajstić information content (AvgIpc) is 3.16. The molecule has 3 rings (SSSR count). The normalized spacial score (nSPS) is 11.3. The van der Waals surface area contributed by atoms with Crippen molar-refractivity contribution >= 4 is 43.7 Å². The number of nitrogens with zero attached hydrogens (tertiary/aromatic N) is 1. The molecule has 2 heterocycles. The van der Waals surface area contributed by atoms with E-state index in [2.05, 4.69) is 9.71 Å². The Hall–Kier alpha value is -2.23. The molecule has 23 heavy (non-hydrogen) atoms. The zero-order valence-corrected chi connectivity index (χ0v) is 13.9. The molecule has 0 radical (unpaired) electrons. The van der Waals surface area contributed by atoms with Crippen molar-refractivity contribution in [1.29, 1.82) is 0 Å². The van der Waals surface area contributed by atoms with Gasteiger partial charge in [-0.05, 0) is 17.7 Å². The highest BCUT2D eigenvalue weighted by Crippen LogP contribution is 2.32. The van der Waals surface area contributed by atoms with Crippen molar-refractivity contribution in [3.63, 3.8) is 0 Å². The highest BCUT2D eigenvalue weighted by atomic mass is 32.2. The van der Waals surface area contributed by atoms with Gasteiger partial charge in [-0.25, -0.2) is 18.2 Å². The topological polar surface area (TPSA) is 96.4 Å². The third-order valence-corrected chi connectivity index (χ3v) is 6.75. The summed E-state index contributed by atoms with van der Waals surface area (Å²) in [5, 5.41) is 8.98. The van der Waals surface area contributed by atoms with Gasteiger partial charge in [0.1, 0.15) is 9.21 Å². The largest absolute Gasteiger partial charge is 0.476 e. The third-order valence-electron chi connectivity index (χ3n) is 2.90. The average molecular weight is 366 g/mol. The molecule has 0 bridgehead atoms. The Morgan fingerprint density at radius 2 is 1.87 bits per heavy atom. The van der Waals surface area contributed by atoms with Crippen molar-refractivity contribution in [1.82, 2.24) is 4.98 Å². The van der Waals surface area contributed by atoms with E-state index in [1.54, 1.807) is 6.07 Å². The van der Waals surface area contributed by atoms with Crippen LogP contribution in [0.5, 0.6) is 0 Å². The number of hydrogen-bond acceptors (Lipinski definition) is 6. The number of aromatic carboxylic acids is 1. The van der Waals surface area contributed by atoms with Crippen LogP contribution in [-0.2, 0) is 10.0 Å². The lowest BCUT2D eigenvalue weighted by Crippen LogP contribution is -2.13. The van der Waals surface area contributed by atoms with Crippen LogP contribution in [0, 0.1) is 0 Å². The minimum atomic E-state index is -3.85. The maximum atomic E-state index is 12.4. The van der Waals surface area contributed by atoms with E-state index in [4.69, 9.17) is 5.11 Å². The predicted molar refractivity (Wildman–Crippen MR) is 89.6 cm³/mol. The van der Waals surface area contributed by atoms with E-state index in [1.165, 1.54) is 11.6 Å². The summed E-state index contributed by atoms with van der Waals surface area (Å²) in [5.74, 6) is -1.28. The summed E-state index contributed by atoms with van der Waals surface area (Å²) in [6.45, 7) is 0. The third kappa shape index (κ3) is 3.26. The van der Waals surface area contributed by atoms with E-state index < -0.39 is 16.0 Å². The van der Waals surface area contributed by atoms with E-state index in [0.29, 0.717) is 0 Å². The van der Waals surface area contributed by atoms with E-state index in [-0.39, 0.29) is 14.9 Å². The van der Waals surface area contributed by atoms with Gasteiger partial charge in [0.05, 0.1) is 5.51 Å². The van der Waals surface area contributed by atoms with E-state index in [0.717, 1.165) is 33.1 Å².